The number of nitrogens with one attached hydrogen (secondary N) is 1. The van der Waals surface area contributed by atoms with E-state index >= 15 is 0 Å². The monoisotopic (exact) mass is 394 g/mol. The van der Waals surface area contributed by atoms with Crippen molar-refractivity contribution in [1.29, 1.82) is 0 Å². The molecule has 27 heavy (non-hydrogen) atoms. The summed E-state index contributed by atoms with van der Waals surface area (Å²) in [6.45, 7) is 2.98. The van der Waals surface area contributed by atoms with E-state index in [9.17, 15) is 13.2 Å². The quantitative estimate of drug-likeness (QED) is 0.802. The molecule has 0 radical (unpaired) electrons. The topological polar surface area (TPSA) is 75.7 Å². The Hall–Kier alpha value is -1.60. The van der Waals surface area contributed by atoms with Crippen LogP contribution in [-0.2, 0) is 9.84 Å². The van der Waals surface area contributed by atoms with Gasteiger partial charge in [-0.15, -0.1) is 0 Å². The number of likely N-dealkylation sites (tertiary alicyclic amines) is 1. The van der Waals surface area contributed by atoms with Crippen LogP contribution < -0.4 is 10.1 Å². The third kappa shape index (κ3) is 5.02. The highest BCUT2D eigenvalue weighted by Gasteiger charge is 2.28. The van der Waals surface area contributed by atoms with Crippen molar-refractivity contribution in [3.8, 4) is 5.75 Å². The average molecular weight is 395 g/mol. The fourth-order valence-corrected chi connectivity index (χ4v) is 5.17. The van der Waals surface area contributed by atoms with Crippen LogP contribution in [0.15, 0.2) is 23.1 Å². The van der Waals surface area contributed by atoms with Crippen molar-refractivity contribution in [1.82, 2.24) is 10.2 Å². The van der Waals surface area contributed by atoms with Crippen molar-refractivity contribution in [2.45, 2.75) is 49.5 Å². The Balaban J connectivity index is 1.63. The van der Waals surface area contributed by atoms with Crippen molar-refractivity contribution in [2.24, 2.45) is 5.92 Å². The molecule has 150 valence electrons. The van der Waals surface area contributed by atoms with E-state index in [4.69, 9.17) is 4.74 Å². The highest BCUT2D eigenvalue weighted by molar-refractivity contribution is 7.90. The summed E-state index contributed by atoms with van der Waals surface area (Å²) < 4.78 is 29.2. The molecular formula is C20H30N2O4S. The third-order valence-corrected chi connectivity index (χ3v) is 6.80. The maximum atomic E-state index is 12.8. The van der Waals surface area contributed by atoms with Crippen molar-refractivity contribution < 1.29 is 17.9 Å². The molecule has 0 bridgehead atoms. The molecular weight excluding hydrogens is 364 g/mol. The standard InChI is InChI=1S/C20H30N2O4S/c1-26-19-17(9-6-10-18(19)27(2,24)25)20(23)21-16-11-12-22(14-16)13-15-7-4-3-5-8-15/h6,9-10,15-16H,3-5,7-8,11-14H2,1-2H3,(H,21,23). The molecule has 2 aliphatic rings. The summed E-state index contributed by atoms with van der Waals surface area (Å²) in [5.41, 5.74) is 0.270. The summed E-state index contributed by atoms with van der Waals surface area (Å²) in [4.78, 5) is 15.2. The first-order chi connectivity index (χ1) is 12.9. The number of ether oxygens (including phenoxy) is 1. The molecule has 0 spiro atoms. The van der Waals surface area contributed by atoms with Gasteiger partial charge >= 0.3 is 0 Å². The first-order valence-corrected chi connectivity index (χ1v) is 11.7. The van der Waals surface area contributed by atoms with E-state index in [-0.39, 0.29) is 28.2 Å². The van der Waals surface area contributed by atoms with Crippen LogP contribution in [0.2, 0.25) is 0 Å². The highest BCUT2D eigenvalue weighted by atomic mass is 32.2. The summed E-state index contributed by atoms with van der Waals surface area (Å²) in [6.07, 6.45) is 8.74. The Bertz CT molecular complexity index is 772. The normalized spacial score (nSPS) is 21.9. The number of amides is 1. The minimum atomic E-state index is -3.47. The lowest BCUT2D eigenvalue weighted by Crippen LogP contribution is -2.38. The number of nitrogens with zero attached hydrogens (tertiary/aromatic N) is 1. The molecule has 1 saturated heterocycles. The number of hydrogen-bond acceptors (Lipinski definition) is 5. The van der Waals surface area contributed by atoms with Crippen LogP contribution >= 0.6 is 0 Å². The molecule has 1 aromatic rings. The van der Waals surface area contributed by atoms with Gasteiger partial charge in [-0.1, -0.05) is 25.3 Å². The summed E-state index contributed by atoms with van der Waals surface area (Å²) in [5.74, 6) is 0.635. The number of carbonyl (C=O) groups excluding carboxylic acids is 1. The van der Waals surface area contributed by atoms with Crippen molar-refractivity contribution in [3.05, 3.63) is 23.8 Å². The predicted molar refractivity (Wildman–Crippen MR) is 105 cm³/mol. The van der Waals surface area contributed by atoms with Gasteiger partial charge in [-0.2, -0.15) is 0 Å². The van der Waals surface area contributed by atoms with Gasteiger partial charge in [0, 0.05) is 31.9 Å². The second kappa shape index (κ2) is 8.61. The molecule has 3 rings (SSSR count). The van der Waals surface area contributed by atoms with E-state index in [1.165, 1.54) is 45.3 Å². The van der Waals surface area contributed by atoms with E-state index in [0.717, 1.165) is 38.2 Å². The zero-order valence-corrected chi connectivity index (χ0v) is 17.1. The number of rotatable bonds is 6. The Morgan fingerprint density at radius 3 is 2.63 bits per heavy atom. The first-order valence-electron chi connectivity index (χ1n) is 9.78. The van der Waals surface area contributed by atoms with E-state index < -0.39 is 9.84 Å². The van der Waals surface area contributed by atoms with Gasteiger partial charge in [0.1, 0.15) is 10.6 Å². The van der Waals surface area contributed by atoms with Crippen LogP contribution in [0.1, 0.15) is 48.9 Å². The summed E-state index contributed by atoms with van der Waals surface area (Å²) in [6, 6.07) is 4.75. The number of para-hydroxylation sites is 1. The summed E-state index contributed by atoms with van der Waals surface area (Å²) in [7, 11) is -2.08. The SMILES string of the molecule is COc1c(C(=O)NC2CCN(CC3CCCCC3)C2)cccc1S(C)(=O)=O. The van der Waals surface area contributed by atoms with Crippen molar-refractivity contribution in [3.63, 3.8) is 0 Å². The second-order valence-electron chi connectivity index (χ2n) is 7.83. The van der Waals surface area contributed by atoms with Crippen LogP contribution in [0.5, 0.6) is 5.75 Å². The lowest BCUT2D eigenvalue weighted by atomic mass is 9.89. The largest absolute Gasteiger partial charge is 0.495 e. The van der Waals surface area contributed by atoms with Gasteiger partial charge in [0.25, 0.3) is 5.91 Å². The van der Waals surface area contributed by atoms with Gasteiger partial charge in [0.2, 0.25) is 0 Å². The molecule has 1 aliphatic heterocycles. The molecule has 6 nitrogen and oxygen atoms in total. The molecule has 1 heterocycles. The van der Waals surface area contributed by atoms with Crippen LogP contribution in [0.25, 0.3) is 0 Å². The number of hydrogen-bond donors (Lipinski definition) is 1. The van der Waals surface area contributed by atoms with Crippen molar-refractivity contribution in [2.75, 3.05) is 33.0 Å². The maximum Gasteiger partial charge on any atom is 0.255 e. The molecule has 1 amide bonds. The third-order valence-electron chi connectivity index (χ3n) is 5.68. The van der Waals surface area contributed by atoms with E-state index in [1.807, 2.05) is 0 Å². The fourth-order valence-electron chi connectivity index (χ4n) is 4.31. The number of methoxy groups -OCH3 is 1. The summed E-state index contributed by atoms with van der Waals surface area (Å²) >= 11 is 0. The van der Waals surface area contributed by atoms with E-state index in [0.29, 0.717) is 0 Å². The Labute approximate surface area is 162 Å². The van der Waals surface area contributed by atoms with Gasteiger partial charge in [-0.25, -0.2) is 8.42 Å². The summed E-state index contributed by atoms with van der Waals surface area (Å²) in [5, 5.41) is 3.06. The van der Waals surface area contributed by atoms with E-state index in [2.05, 4.69) is 10.2 Å². The van der Waals surface area contributed by atoms with Crippen molar-refractivity contribution >= 4 is 15.7 Å². The Kier molecular flexibility index (Phi) is 6.42. The van der Waals surface area contributed by atoms with Crippen LogP contribution in [0.4, 0.5) is 0 Å². The zero-order chi connectivity index (χ0) is 19.4. The van der Waals surface area contributed by atoms with Gasteiger partial charge in [0.05, 0.1) is 12.7 Å². The molecule has 1 aliphatic carbocycles. The average Bonchev–Trinajstić information content (AvgIpc) is 3.07. The Morgan fingerprint density at radius 2 is 1.96 bits per heavy atom. The molecule has 2 fully saturated rings. The van der Waals surface area contributed by atoms with Crippen LogP contribution in [-0.4, -0.2) is 58.3 Å². The second-order valence-corrected chi connectivity index (χ2v) is 9.82. The highest BCUT2D eigenvalue weighted by Crippen LogP contribution is 2.29. The van der Waals surface area contributed by atoms with Crippen LogP contribution in [0, 0.1) is 5.92 Å². The van der Waals surface area contributed by atoms with Gasteiger partial charge < -0.3 is 15.0 Å². The molecule has 1 unspecified atom stereocenters. The predicted octanol–water partition coefficient (Wildman–Crippen LogP) is 2.48. The number of benzene rings is 1. The van der Waals surface area contributed by atoms with Gasteiger partial charge in [-0.05, 0) is 37.3 Å². The Morgan fingerprint density at radius 1 is 1.22 bits per heavy atom. The molecule has 7 heteroatoms. The molecule has 1 atom stereocenters. The lowest BCUT2D eigenvalue weighted by molar-refractivity contribution is 0.0933. The molecule has 1 saturated carbocycles. The van der Waals surface area contributed by atoms with Gasteiger partial charge in [-0.3, -0.25) is 4.79 Å². The maximum absolute atomic E-state index is 12.8. The number of sulfone groups is 1. The van der Waals surface area contributed by atoms with Gasteiger partial charge in [0.15, 0.2) is 9.84 Å². The molecule has 1 aromatic carbocycles. The smallest absolute Gasteiger partial charge is 0.255 e. The molecule has 1 N–H and O–H groups in total. The zero-order valence-electron chi connectivity index (χ0n) is 16.2. The number of carbonyl (C=O) groups is 1. The lowest BCUT2D eigenvalue weighted by Gasteiger charge is -2.26. The minimum absolute atomic E-state index is 0.0444. The first kappa shape index (κ1) is 20.1. The van der Waals surface area contributed by atoms with Crippen LogP contribution in [0.3, 0.4) is 0 Å². The molecule has 0 aromatic heterocycles. The fraction of sp³-hybridized carbons (Fsp3) is 0.650. The minimum Gasteiger partial charge on any atom is -0.495 e. The van der Waals surface area contributed by atoms with E-state index in [1.54, 1.807) is 12.1 Å².